The van der Waals surface area contributed by atoms with E-state index in [1.54, 1.807) is 31.4 Å². The Morgan fingerprint density at radius 3 is 2.50 bits per heavy atom. The summed E-state index contributed by atoms with van der Waals surface area (Å²) in [7, 11) is 1.56. The van der Waals surface area contributed by atoms with Crippen LogP contribution in [-0.4, -0.2) is 41.8 Å². The van der Waals surface area contributed by atoms with E-state index in [9.17, 15) is 0 Å². The predicted octanol–water partition coefficient (Wildman–Crippen LogP) is 0.752. The average molecular weight is 148 g/mol. The van der Waals surface area contributed by atoms with Gasteiger partial charge in [-0.05, 0) is 12.1 Å². The molecule has 0 unspecified atom stereocenters. The van der Waals surface area contributed by atoms with Crippen molar-refractivity contribution in [3.05, 3.63) is 24.3 Å². The van der Waals surface area contributed by atoms with Crippen LogP contribution >= 0.6 is 0 Å². The molecule has 0 fully saturated rings. The van der Waals surface area contributed by atoms with Gasteiger partial charge in [-0.3, -0.25) is 0 Å². The third-order valence-corrected chi connectivity index (χ3v) is 1.05. The van der Waals surface area contributed by atoms with Crippen molar-refractivity contribution in [1.29, 1.82) is 0 Å². The summed E-state index contributed by atoms with van der Waals surface area (Å²) in [6, 6.07) is 6.66. The van der Waals surface area contributed by atoms with E-state index in [1.807, 2.05) is 0 Å². The third kappa shape index (κ3) is 2.60. The number of hydrogen-bond acceptors (Lipinski definition) is 2. The maximum atomic E-state index is 8.86. The SMILES string of the molecule is COc1cccc(O)c1.[NaH]. The van der Waals surface area contributed by atoms with Gasteiger partial charge < -0.3 is 9.84 Å². The normalized spacial score (nSPS) is 8.10. The van der Waals surface area contributed by atoms with Crippen LogP contribution in [0.1, 0.15) is 0 Å². The van der Waals surface area contributed by atoms with Gasteiger partial charge in [0.25, 0.3) is 0 Å². The van der Waals surface area contributed by atoms with Crippen molar-refractivity contribution >= 4 is 29.6 Å². The molecule has 0 aromatic heterocycles. The van der Waals surface area contributed by atoms with Crippen LogP contribution in [-0.2, 0) is 0 Å². The molecule has 0 amide bonds. The van der Waals surface area contributed by atoms with Gasteiger partial charge in [0, 0.05) is 6.07 Å². The Morgan fingerprint density at radius 2 is 2.10 bits per heavy atom. The van der Waals surface area contributed by atoms with Crippen molar-refractivity contribution in [3.63, 3.8) is 0 Å². The number of ether oxygens (including phenoxy) is 1. The zero-order valence-electron chi connectivity index (χ0n) is 5.16. The number of phenolic OH excluding ortho intramolecular Hbond substituents is 1. The van der Waals surface area contributed by atoms with E-state index in [4.69, 9.17) is 9.84 Å². The number of methoxy groups -OCH3 is 1. The van der Waals surface area contributed by atoms with Gasteiger partial charge in [-0.1, -0.05) is 6.07 Å². The zero-order chi connectivity index (χ0) is 6.69. The molecule has 1 N–H and O–H groups in total. The van der Waals surface area contributed by atoms with Crippen molar-refractivity contribution in [2.45, 2.75) is 0 Å². The first-order valence-electron chi connectivity index (χ1n) is 2.66. The summed E-state index contributed by atoms with van der Waals surface area (Å²) in [6.45, 7) is 0. The number of rotatable bonds is 1. The molecule has 1 rings (SSSR count). The molecule has 1 aromatic carbocycles. The molecule has 0 aliphatic rings. The van der Waals surface area contributed by atoms with Crippen molar-refractivity contribution in [2.24, 2.45) is 0 Å². The van der Waals surface area contributed by atoms with Crippen LogP contribution in [0, 0.1) is 0 Å². The number of benzene rings is 1. The Hall–Kier alpha value is -0.180. The molecule has 1 aromatic rings. The van der Waals surface area contributed by atoms with Gasteiger partial charge in [0.05, 0.1) is 7.11 Å². The maximum absolute atomic E-state index is 8.86. The fraction of sp³-hybridized carbons (Fsp3) is 0.143. The molecule has 0 aliphatic carbocycles. The quantitative estimate of drug-likeness (QED) is 0.595. The minimum absolute atomic E-state index is 0. The van der Waals surface area contributed by atoms with E-state index in [1.165, 1.54) is 0 Å². The van der Waals surface area contributed by atoms with Gasteiger partial charge >= 0.3 is 29.6 Å². The van der Waals surface area contributed by atoms with E-state index in [0.717, 1.165) is 0 Å². The molecule has 0 saturated carbocycles. The van der Waals surface area contributed by atoms with Crippen LogP contribution in [0.4, 0.5) is 0 Å². The van der Waals surface area contributed by atoms with Crippen LogP contribution in [0.3, 0.4) is 0 Å². The predicted molar refractivity (Wildman–Crippen MR) is 41.8 cm³/mol. The summed E-state index contributed by atoms with van der Waals surface area (Å²) in [4.78, 5) is 0. The van der Waals surface area contributed by atoms with Crippen LogP contribution in [0.25, 0.3) is 0 Å². The summed E-state index contributed by atoms with van der Waals surface area (Å²) in [5, 5.41) is 8.86. The van der Waals surface area contributed by atoms with Crippen molar-refractivity contribution in [2.75, 3.05) is 7.11 Å². The van der Waals surface area contributed by atoms with Crippen LogP contribution in [0.15, 0.2) is 24.3 Å². The summed E-state index contributed by atoms with van der Waals surface area (Å²) >= 11 is 0. The fourth-order valence-corrected chi connectivity index (χ4v) is 0.610. The number of phenols is 1. The molecule has 2 nitrogen and oxygen atoms in total. The zero-order valence-corrected chi connectivity index (χ0v) is 5.16. The van der Waals surface area contributed by atoms with Gasteiger partial charge in [0.15, 0.2) is 0 Å². The van der Waals surface area contributed by atoms with E-state index in [-0.39, 0.29) is 35.3 Å². The van der Waals surface area contributed by atoms with Gasteiger partial charge in [-0.2, -0.15) is 0 Å². The molecule has 50 valence electrons. The second-order valence-corrected chi connectivity index (χ2v) is 1.70. The Balaban J connectivity index is 0.000000810. The number of hydrogen-bond donors (Lipinski definition) is 1. The monoisotopic (exact) mass is 148 g/mol. The Bertz CT molecular complexity index is 201. The van der Waals surface area contributed by atoms with Gasteiger partial charge in [0.2, 0.25) is 0 Å². The first kappa shape index (κ1) is 9.82. The van der Waals surface area contributed by atoms with Crippen LogP contribution in [0.2, 0.25) is 0 Å². The summed E-state index contributed by atoms with van der Waals surface area (Å²) in [6.07, 6.45) is 0. The van der Waals surface area contributed by atoms with E-state index < -0.39 is 0 Å². The van der Waals surface area contributed by atoms with Gasteiger partial charge in [-0.25, -0.2) is 0 Å². The molecule has 3 heteroatoms. The first-order chi connectivity index (χ1) is 4.33. The number of aromatic hydroxyl groups is 1. The van der Waals surface area contributed by atoms with E-state index in [2.05, 4.69) is 0 Å². The summed E-state index contributed by atoms with van der Waals surface area (Å²) in [5.41, 5.74) is 0. The van der Waals surface area contributed by atoms with Crippen molar-refractivity contribution < 1.29 is 9.84 Å². The standard InChI is InChI=1S/C7H8O2.Na.H/c1-9-7-4-2-3-6(8)5-7;;/h2-5,8H,1H3;;. The van der Waals surface area contributed by atoms with Gasteiger partial charge in [-0.15, -0.1) is 0 Å². The summed E-state index contributed by atoms with van der Waals surface area (Å²) < 4.78 is 4.84. The third-order valence-electron chi connectivity index (χ3n) is 1.05. The molecule has 10 heavy (non-hydrogen) atoms. The van der Waals surface area contributed by atoms with Crippen LogP contribution < -0.4 is 4.74 Å². The Morgan fingerprint density at radius 1 is 1.40 bits per heavy atom. The average Bonchev–Trinajstić information content (AvgIpc) is 1.88. The second-order valence-electron chi connectivity index (χ2n) is 1.70. The molecule has 0 spiro atoms. The molecule has 0 heterocycles. The van der Waals surface area contributed by atoms with E-state index >= 15 is 0 Å². The molecular weight excluding hydrogens is 139 g/mol. The topological polar surface area (TPSA) is 29.5 Å². The Kier molecular flexibility index (Phi) is 4.52. The van der Waals surface area contributed by atoms with Crippen LogP contribution in [0.5, 0.6) is 11.5 Å². The fourth-order valence-electron chi connectivity index (χ4n) is 0.610. The van der Waals surface area contributed by atoms with E-state index in [0.29, 0.717) is 5.75 Å². The van der Waals surface area contributed by atoms with Gasteiger partial charge in [0.1, 0.15) is 11.5 Å². The minimum atomic E-state index is 0. The molecule has 0 aliphatic heterocycles. The van der Waals surface area contributed by atoms with Crippen molar-refractivity contribution in [3.8, 4) is 11.5 Å². The molecule has 0 bridgehead atoms. The summed E-state index contributed by atoms with van der Waals surface area (Å²) in [5.74, 6) is 0.907. The molecule has 0 saturated heterocycles. The first-order valence-corrected chi connectivity index (χ1v) is 2.66. The second kappa shape index (κ2) is 4.61. The molecular formula is C7H9NaO2. The molecule has 0 radical (unpaired) electrons. The molecule has 0 atom stereocenters. The Labute approximate surface area is 82.1 Å². The van der Waals surface area contributed by atoms with Crippen molar-refractivity contribution in [1.82, 2.24) is 0 Å².